The molecule has 0 saturated carbocycles. The topological polar surface area (TPSA) is 87.7 Å². The zero-order valence-electron chi connectivity index (χ0n) is 27.1. The second-order valence-corrected chi connectivity index (χ2v) is 12.9. The van der Waals surface area contributed by atoms with E-state index in [1.807, 2.05) is 88.4 Å². The number of anilines is 1. The predicted octanol–water partition coefficient (Wildman–Crippen LogP) is 8.09. The lowest BCUT2D eigenvalue weighted by atomic mass is 9.96. The molecule has 0 fully saturated rings. The lowest BCUT2D eigenvalue weighted by Crippen LogP contribution is -2.53. The van der Waals surface area contributed by atoms with Crippen molar-refractivity contribution < 1.29 is 19.1 Å². The molecule has 0 aliphatic rings. The Morgan fingerprint density at radius 1 is 0.884 bits per heavy atom. The van der Waals surface area contributed by atoms with Gasteiger partial charge in [-0.15, -0.1) is 0 Å². The average Bonchev–Trinajstić information content (AvgIpc) is 2.92. The Morgan fingerprint density at radius 3 is 2.21 bits per heavy atom. The predicted molar refractivity (Wildman–Crippen MR) is 175 cm³/mol. The minimum absolute atomic E-state index is 0.118. The van der Waals surface area contributed by atoms with Gasteiger partial charge in [0, 0.05) is 12.2 Å². The number of aryl methyl sites for hydroxylation is 2. The van der Waals surface area contributed by atoms with Crippen LogP contribution < -0.4 is 10.6 Å². The van der Waals surface area contributed by atoms with Crippen molar-refractivity contribution in [3.63, 3.8) is 0 Å². The van der Waals surface area contributed by atoms with Gasteiger partial charge in [0.2, 0.25) is 5.91 Å². The third-order valence-electron chi connectivity index (χ3n) is 7.41. The van der Waals surface area contributed by atoms with Gasteiger partial charge < -0.3 is 20.3 Å². The van der Waals surface area contributed by atoms with Crippen LogP contribution in [0.1, 0.15) is 90.0 Å². The van der Waals surface area contributed by atoms with Crippen molar-refractivity contribution in [2.75, 3.05) is 11.9 Å². The van der Waals surface area contributed by atoms with Crippen LogP contribution >= 0.6 is 0 Å². The summed E-state index contributed by atoms with van der Waals surface area (Å²) in [6.45, 7) is 15.9. The van der Waals surface area contributed by atoms with E-state index in [1.54, 1.807) is 25.7 Å². The molecule has 7 nitrogen and oxygen atoms in total. The Morgan fingerprint density at radius 2 is 1.58 bits per heavy atom. The maximum absolute atomic E-state index is 14.4. The number of hydrogen-bond donors (Lipinski definition) is 2. The van der Waals surface area contributed by atoms with Gasteiger partial charge in [0.1, 0.15) is 17.7 Å². The summed E-state index contributed by atoms with van der Waals surface area (Å²) in [6.07, 6.45) is 2.36. The number of carbonyl (C=O) groups is 3. The third kappa shape index (κ3) is 9.84. The molecule has 3 aromatic rings. The normalized spacial score (nSPS) is 13.0. The number of benzene rings is 3. The van der Waals surface area contributed by atoms with Gasteiger partial charge in [-0.3, -0.25) is 9.59 Å². The number of nitrogens with zero attached hydrogens (tertiary/aromatic N) is 1. The lowest BCUT2D eigenvalue weighted by Gasteiger charge is -2.35. The maximum atomic E-state index is 14.4. The van der Waals surface area contributed by atoms with Gasteiger partial charge in [-0.1, -0.05) is 82.1 Å². The molecule has 2 atom stereocenters. The fraction of sp³-hybridized carbons (Fsp3) is 0.472. The van der Waals surface area contributed by atoms with E-state index in [2.05, 4.69) is 17.6 Å². The highest BCUT2D eigenvalue weighted by molar-refractivity contribution is 6.00. The van der Waals surface area contributed by atoms with Crippen LogP contribution in [0.25, 0.3) is 10.8 Å². The molecular weight excluding hydrogens is 538 g/mol. The van der Waals surface area contributed by atoms with Crippen LogP contribution in [0, 0.1) is 19.8 Å². The molecule has 0 spiro atoms. The summed E-state index contributed by atoms with van der Waals surface area (Å²) < 4.78 is 5.51. The number of fused-ring (bicyclic) bond motifs is 1. The Bertz CT molecular complexity index is 1410. The average molecular weight is 588 g/mol. The van der Waals surface area contributed by atoms with E-state index in [0.29, 0.717) is 18.7 Å². The number of nitrogens with one attached hydrogen (secondary N) is 2. The summed E-state index contributed by atoms with van der Waals surface area (Å²) in [5.74, 6) is -0.482. The van der Waals surface area contributed by atoms with Gasteiger partial charge in [-0.2, -0.15) is 0 Å². The van der Waals surface area contributed by atoms with Gasteiger partial charge in [0.05, 0.1) is 0 Å². The molecule has 43 heavy (non-hydrogen) atoms. The largest absolute Gasteiger partial charge is 0.444 e. The molecule has 2 N–H and O–H groups in total. The molecule has 0 aliphatic heterocycles. The van der Waals surface area contributed by atoms with E-state index in [4.69, 9.17) is 4.74 Å². The first-order valence-electron chi connectivity index (χ1n) is 15.5. The van der Waals surface area contributed by atoms with Crippen LogP contribution in [0.5, 0.6) is 0 Å². The fourth-order valence-corrected chi connectivity index (χ4v) is 5.13. The Labute approximate surface area is 257 Å². The number of unbranched alkanes of at least 4 members (excludes halogenated alkanes) is 2. The first kappa shape index (κ1) is 33.6. The van der Waals surface area contributed by atoms with E-state index >= 15 is 0 Å². The quantitative estimate of drug-likeness (QED) is 0.210. The molecule has 3 aromatic carbocycles. The zero-order chi connectivity index (χ0) is 31.7. The fourth-order valence-electron chi connectivity index (χ4n) is 5.13. The van der Waals surface area contributed by atoms with Gasteiger partial charge in [0.25, 0.3) is 5.91 Å². The second kappa shape index (κ2) is 15.0. The summed E-state index contributed by atoms with van der Waals surface area (Å²) in [4.78, 5) is 43.2. The first-order chi connectivity index (χ1) is 20.3. The number of amides is 3. The zero-order valence-corrected chi connectivity index (χ0v) is 27.1. The minimum atomic E-state index is -0.898. The van der Waals surface area contributed by atoms with Gasteiger partial charge in [0.15, 0.2) is 0 Å². The van der Waals surface area contributed by atoms with Crippen molar-refractivity contribution in [1.82, 2.24) is 10.2 Å². The van der Waals surface area contributed by atoms with Crippen LogP contribution in [-0.2, 0) is 14.3 Å². The maximum Gasteiger partial charge on any atom is 0.408 e. The number of hydrogen-bond acceptors (Lipinski definition) is 4. The van der Waals surface area contributed by atoms with Crippen LogP contribution in [0.3, 0.4) is 0 Å². The minimum Gasteiger partial charge on any atom is -0.444 e. The van der Waals surface area contributed by atoms with E-state index in [-0.39, 0.29) is 17.7 Å². The van der Waals surface area contributed by atoms with Crippen molar-refractivity contribution >= 4 is 34.4 Å². The van der Waals surface area contributed by atoms with E-state index < -0.39 is 23.8 Å². The highest BCUT2D eigenvalue weighted by atomic mass is 16.6. The molecule has 0 bridgehead atoms. The Balaban J connectivity index is 2.06. The van der Waals surface area contributed by atoms with E-state index in [1.165, 1.54) is 0 Å². The highest BCUT2D eigenvalue weighted by Gasteiger charge is 2.36. The van der Waals surface area contributed by atoms with Crippen LogP contribution in [-0.4, -0.2) is 41.0 Å². The molecular formula is C36H49N3O4. The molecule has 3 rings (SSSR count). The molecule has 232 valence electrons. The number of rotatable bonds is 12. The molecule has 3 amide bonds. The van der Waals surface area contributed by atoms with Gasteiger partial charge >= 0.3 is 6.09 Å². The third-order valence-corrected chi connectivity index (χ3v) is 7.41. The molecule has 2 unspecified atom stereocenters. The van der Waals surface area contributed by atoms with Crippen LogP contribution in [0.15, 0.2) is 60.7 Å². The summed E-state index contributed by atoms with van der Waals surface area (Å²) >= 11 is 0. The molecule has 0 saturated heterocycles. The Hall–Kier alpha value is -3.87. The molecule has 7 heteroatoms. The molecule has 0 heterocycles. The van der Waals surface area contributed by atoms with Crippen molar-refractivity contribution in [3.05, 3.63) is 77.4 Å². The molecule has 0 aromatic heterocycles. The number of ether oxygens (including phenoxy) is 1. The summed E-state index contributed by atoms with van der Waals surface area (Å²) in [7, 11) is 0. The monoisotopic (exact) mass is 587 g/mol. The summed E-state index contributed by atoms with van der Waals surface area (Å²) in [5, 5.41) is 8.01. The van der Waals surface area contributed by atoms with Crippen molar-refractivity contribution in [2.45, 2.75) is 98.8 Å². The van der Waals surface area contributed by atoms with Crippen molar-refractivity contribution in [1.29, 1.82) is 0 Å². The Kier molecular flexibility index (Phi) is 11.8. The standard InChI is InChI=1S/C36H49N3O4/c1-9-10-13-20-39(34(41)31(21-24(2)3)38-35(42)43-36(6,7)8)32(29-17-16-25(4)26(5)22-29)33(40)37-30-19-18-27-14-11-12-15-28(27)23-30/h11-12,14-19,22-24,31-32H,9-10,13,20-21H2,1-8H3,(H,37,40)(H,38,42). The van der Waals surface area contributed by atoms with Crippen LogP contribution in [0.2, 0.25) is 0 Å². The van der Waals surface area contributed by atoms with Gasteiger partial charge in [-0.05, 0) is 93.0 Å². The van der Waals surface area contributed by atoms with Crippen molar-refractivity contribution in [3.8, 4) is 0 Å². The molecule has 0 radical (unpaired) electrons. The van der Waals surface area contributed by atoms with Crippen LogP contribution in [0.4, 0.5) is 10.5 Å². The van der Waals surface area contributed by atoms with Gasteiger partial charge in [-0.25, -0.2) is 4.79 Å². The summed E-state index contributed by atoms with van der Waals surface area (Å²) in [5.41, 5.74) is 2.81. The number of alkyl carbamates (subject to hydrolysis) is 1. The highest BCUT2D eigenvalue weighted by Crippen LogP contribution is 2.28. The summed E-state index contributed by atoms with van der Waals surface area (Å²) in [6, 6.07) is 17.9. The molecule has 0 aliphatic carbocycles. The smallest absolute Gasteiger partial charge is 0.408 e. The number of carbonyl (C=O) groups excluding carboxylic acids is 3. The van der Waals surface area contributed by atoms with Crippen molar-refractivity contribution in [2.24, 2.45) is 5.92 Å². The van der Waals surface area contributed by atoms with E-state index in [9.17, 15) is 14.4 Å². The second-order valence-electron chi connectivity index (χ2n) is 12.9. The lowest BCUT2D eigenvalue weighted by molar-refractivity contribution is -0.141. The SMILES string of the molecule is CCCCCN(C(=O)C(CC(C)C)NC(=O)OC(C)(C)C)C(C(=O)Nc1ccc2ccccc2c1)c1ccc(C)c(C)c1. The van der Waals surface area contributed by atoms with E-state index in [0.717, 1.165) is 46.7 Å². The first-order valence-corrected chi connectivity index (χ1v) is 15.5.